The van der Waals surface area contributed by atoms with Crippen molar-refractivity contribution in [1.82, 2.24) is 14.5 Å². The summed E-state index contributed by atoms with van der Waals surface area (Å²) in [6, 6.07) is 15.5. The predicted octanol–water partition coefficient (Wildman–Crippen LogP) is 4.23. The van der Waals surface area contributed by atoms with Crippen molar-refractivity contribution in [1.29, 1.82) is 0 Å². The number of carbonyl (C=O) groups is 2. The number of imidazole rings is 1. The number of aliphatic carboxylic acids is 1. The standard InChI is InChI=1S/C23H23N5O5S/c1-2-33-23(32)28-20(31)17(13-19(29)30)26-21(28)25-15-9-7-14(8-10-15)11-12-24-22-27-16-5-3-4-6-18(16)34-22/h3-10,31H,2,11-13H2,1H3,(H,24,27)(H,25,26)(H,29,30). The molecule has 0 fully saturated rings. The molecule has 2 aromatic heterocycles. The lowest BCUT2D eigenvalue weighted by atomic mass is 10.1. The smallest absolute Gasteiger partial charge is 0.423 e. The van der Waals surface area contributed by atoms with Gasteiger partial charge in [-0.15, -0.1) is 0 Å². The van der Waals surface area contributed by atoms with E-state index in [0.717, 1.165) is 31.9 Å². The summed E-state index contributed by atoms with van der Waals surface area (Å²) in [5, 5.41) is 26.5. The molecular formula is C23H23N5O5S. The Labute approximate surface area is 198 Å². The zero-order chi connectivity index (χ0) is 24.1. The number of aromatic hydroxyl groups is 1. The zero-order valence-corrected chi connectivity index (χ0v) is 19.1. The third kappa shape index (κ3) is 5.26. The number of nitrogens with zero attached hydrogens (tertiary/aromatic N) is 3. The molecule has 0 saturated carbocycles. The van der Waals surface area contributed by atoms with Gasteiger partial charge in [0.25, 0.3) is 0 Å². The van der Waals surface area contributed by atoms with Crippen LogP contribution in [-0.2, 0) is 22.4 Å². The van der Waals surface area contributed by atoms with Gasteiger partial charge in [-0.3, -0.25) is 4.79 Å². The van der Waals surface area contributed by atoms with E-state index in [9.17, 15) is 14.7 Å². The second kappa shape index (κ2) is 10.2. The molecule has 10 nitrogen and oxygen atoms in total. The van der Waals surface area contributed by atoms with Gasteiger partial charge in [0.2, 0.25) is 11.8 Å². The average molecular weight is 482 g/mol. The first kappa shape index (κ1) is 23.1. The Morgan fingerprint density at radius 3 is 2.59 bits per heavy atom. The molecule has 176 valence electrons. The average Bonchev–Trinajstić information content (AvgIpc) is 3.35. The van der Waals surface area contributed by atoms with Crippen molar-refractivity contribution in [2.24, 2.45) is 0 Å². The number of benzene rings is 2. The molecule has 0 aliphatic rings. The molecular weight excluding hydrogens is 458 g/mol. The fourth-order valence-corrected chi connectivity index (χ4v) is 4.20. The molecule has 0 spiro atoms. The minimum atomic E-state index is -1.18. The lowest BCUT2D eigenvalue weighted by Crippen LogP contribution is -2.15. The van der Waals surface area contributed by atoms with Gasteiger partial charge in [-0.05, 0) is 43.2 Å². The van der Waals surface area contributed by atoms with Crippen molar-refractivity contribution in [2.75, 3.05) is 23.8 Å². The van der Waals surface area contributed by atoms with Gasteiger partial charge in [-0.1, -0.05) is 35.6 Å². The molecule has 11 heteroatoms. The number of rotatable bonds is 9. The maximum Gasteiger partial charge on any atom is 0.423 e. The van der Waals surface area contributed by atoms with Gasteiger partial charge in [0, 0.05) is 12.2 Å². The summed E-state index contributed by atoms with van der Waals surface area (Å²) in [7, 11) is 0. The molecule has 0 unspecified atom stereocenters. The third-order valence-corrected chi connectivity index (χ3v) is 5.88. The monoisotopic (exact) mass is 481 g/mol. The summed E-state index contributed by atoms with van der Waals surface area (Å²) >= 11 is 1.61. The van der Waals surface area contributed by atoms with E-state index in [-0.39, 0.29) is 18.2 Å². The predicted molar refractivity (Wildman–Crippen MR) is 129 cm³/mol. The summed E-state index contributed by atoms with van der Waals surface area (Å²) in [6.45, 7) is 2.43. The minimum absolute atomic E-state index is 0.0301. The first-order valence-corrected chi connectivity index (χ1v) is 11.4. The number of para-hydroxylation sites is 1. The van der Waals surface area contributed by atoms with Crippen LogP contribution < -0.4 is 10.6 Å². The summed E-state index contributed by atoms with van der Waals surface area (Å²) < 4.78 is 6.91. The van der Waals surface area contributed by atoms with Crippen LogP contribution in [-0.4, -0.2) is 50.0 Å². The number of carbonyl (C=O) groups excluding carboxylic acids is 1. The maximum absolute atomic E-state index is 12.3. The Kier molecular flexibility index (Phi) is 6.93. The van der Waals surface area contributed by atoms with E-state index in [1.807, 2.05) is 48.5 Å². The number of ether oxygens (including phenoxy) is 1. The second-order valence-corrected chi connectivity index (χ2v) is 8.33. The fourth-order valence-electron chi connectivity index (χ4n) is 3.31. The van der Waals surface area contributed by atoms with Crippen molar-refractivity contribution in [3.8, 4) is 5.88 Å². The third-order valence-electron chi connectivity index (χ3n) is 4.89. The van der Waals surface area contributed by atoms with E-state index < -0.39 is 24.4 Å². The minimum Gasteiger partial charge on any atom is -0.493 e. The van der Waals surface area contributed by atoms with Gasteiger partial charge >= 0.3 is 12.1 Å². The van der Waals surface area contributed by atoms with Crippen LogP contribution in [0.15, 0.2) is 48.5 Å². The summed E-state index contributed by atoms with van der Waals surface area (Å²) in [5.74, 6) is -1.78. The van der Waals surface area contributed by atoms with Crippen LogP contribution >= 0.6 is 11.3 Å². The number of aromatic nitrogens is 3. The molecule has 0 radical (unpaired) electrons. The first-order valence-electron chi connectivity index (χ1n) is 10.6. The van der Waals surface area contributed by atoms with E-state index in [1.165, 1.54) is 0 Å². The summed E-state index contributed by atoms with van der Waals surface area (Å²) in [6.07, 6.45) is -0.616. The number of fused-ring (bicyclic) bond motifs is 1. The van der Waals surface area contributed by atoms with E-state index in [4.69, 9.17) is 9.84 Å². The molecule has 4 rings (SSSR count). The van der Waals surface area contributed by atoms with Gasteiger partial charge in [0.15, 0.2) is 5.13 Å². The lowest BCUT2D eigenvalue weighted by Gasteiger charge is -2.10. The van der Waals surface area contributed by atoms with Crippen LogP contribution in [0.1, 0.15) is 18.2 Å². The molecule has 34 heavy (non-hydrogen) atoms. The molecule has 0 bridgehead atoms. The Bertz CT molecular complexity index is 1280. The summed E-state index contributed by atoms with van der Waals surface area (Å²) in [4.78, 5) is 32.0. The van der Waals surface area contributed by atoms with Crippen molar-refractivity contribution >= 4 is 50.4 Å². The van der Waals surface area contributed by atoms with Crippen LogP contribution in [0.5, 0.6) is 5.88 Å². The first-order chi connectivity index (χ1) is 16.4. The highest BCUT2D eigenvalue weighted by atomic mass is 32.1. The highest BCUT2D eigenvalue weighted by molar-refractivity contribution is 7.22. The quantitative estimate of drug-likeness (QED) is 0.277. The maximum atomic E-state index is 12.3. The van der Waals surface area contributed by atoms with E-state index in [0.29, 0.717) is 12.2 Å². The Morgan fingerprint density at radius 2 is 1.88 bits per heavy atom. The lowest BCUT2D eigenvalue weighted by molar-refractivity contribution is -0.136. The van der Waals surface area contributed by atoms with Gasteiger partial charge in [0.05, 0.1) is 23.2 Å². The molecule has 2 aromatic carbocycles. The molecule has 0 amide bonds. The number of carboxylic acids is 1. The number of hydrogen-bond donors (Lipinski definition) is 4. The number of anilines is 3. The number of nitrogens with one attached hydrogen (secondary N) is 2. The van der Waals surface area contributed by atoms with Crippen molar-refractivity contribution in [3.05, 3.63) is 59.8 Å². The molecule has 0 saturated heterocycles. The number of thiazole rings is 1. The van der Waals surface area contributed by atoms with Crippen LogP contribution in [0.3, 0.4) is 0 Å². The van der Waals surface area contributed by atoms with E-state index in [1.54, 1.807) is 18.3 Å². The van der Waals surface area contributed by atoms with Crippen molar-refractivity contribution in [3.63, 3.8) is 0 Å². The fraction of sp³-hybridized carbons (Fsp3) is 0.217. The van der Waals surface area contributed by atoms with E-state index in [2.05, 4.69) is 20.6 Å². The van der Waals surface area contributed by atoms with E-state index >= 15 is 0 Å². The molecule has 4 N–H and O–H groups in total. The molecule has 0 aliphatic carbocycles. The molecule has 0 atom stereocenters. The largest absolute Gasteiger partial charge is 0.493 e. The van der Waals surface area contributed by atoms with Gasteiger partial charge in [-0.2, -0.15) is 4.57 Å². The van der Waals surface area contributed by atoms with Gasteiger partial charge in [-0.25, -0.2) is 14.8 Å². The SMILES string of the molecule is CCOC(=O)n1c(Nc2ccc(CCNc3nc4ccccc4s3)cc2)nc(CC(=O)O)c1O. The topological polar surface area (TPSA) is 139 Å². The van der Waals surface area contributed by atoms with Gasteiger partial charge < -0.3 is 25.6 Å². The Balaban J connectivity index is 1.41. The van der Waals surface area contributed by atoms with Crippen LogP contribution in [0.25, 0.3) is 10.2 Å². The van der Waals surface area contributed by atoms with Crippen LogP contribution in [0.4, 0.5) is 21.6 Å². The second-order valence-electron chi connectivity index (χ2n) is 7.30. The van der Waals surface area contributed by atoms with Crippen LogP contribution in [0.2, 0.25) is 0 Å². The highest BCUT2D eigenvalue weighted by Gasteiger charge is 2.24. The van der Waals surface area contributed by atoms with Crippen LogP contribution in [0, 0.1) is 0 Å². The normalized spacial score (nSPS) is 10.9. The van der Waals surface area contributed by atoms with Crippen molar-refractivity contribution < 1.29 is 24.5 Å². The molecule has 4 aromatic rings. The highest BCUT2D eigenvalue weighted by Crippen LogP contribution is 2.27. The summed E-state index contributed by atoms with van der Waals surface area (Å²) in [5.41, 5.74) is 2.53. The number of hydrogen-bond acceptors (Lipinski definition) is 9. The van der Waals surface area contributed by atoms with Crippen molar-refractivity contribution in [2.45, 2.75) is 19.8 Å². The zero-order valence-electron chi connectivity index (χ0n) is 18.3. The Morgan fingerprint density at radius 1 is 1.12 bits per heavy atom. The molecule has 2 heterocycles. The van der Waals surface area contributed by atoms with Gasteiger partial charge in [0.1, 0.15) is 5.69 Å². The molecule has 0 aliphatic heterocycles. The number of carboxylic acid groups (broad SMARTS) is 1. The Hall–Kier alpha value is -4.12.